The Balaban J connectivity index is 0.000000205. The van der Waals surface area contributed by atoms with E-state index in [-0.39, 0.29) is 47.6 Å². The number of aliphatic hydroxyl groups is 1. The van der Waals surface area contributed by atoms with Crippen LogP contribution in [0.15, 0.2) is 170 Å². The van der Waals surface area contributed by atoms with E-state index in [2.05, 4.69) is 121 Å². The maximum Gasteiger partial charge on any atom is 0.319 e. The van der Waals surface area contributed by atoms with Gasteiger partial charge in [-0.25, -0.2) is 9.59 Å². The highest BCUT2D eigenvalue weighted by Crippen LogP contribution is 2.33. The molecule has 7 aromatic carbocycles. The van der Waals surface area contributed by atoms with Gasteiger partial charge in [-0.2, -0.15) is 5.26 Å². The van der Waals surface area contributed by atoms with Gasteiger partial charge in [-0.15, -0.1) is 0 Å². The lowest BCUT2D eigenvalue weighted by Crippen LogP contribution is -2.37. The molecule has 9 aromatic rings. The normalized spacial score (nSPS) is 13.5. The van der Waals surface area contributed by atoms with E-state index in [0.29, 0.717) is 56.9 Å². The van der Waals surface area contributed by atoms with Gasteiger partial charge in [0, 0.05) is 106 Å². The predicted octanol–water partition coefficient (Wildman–Crippen LogP) is 15.8. The molecule has 0 bridgehead atoms. The average Bonchev–Trinajstić information content (AvgIpc) is 1.64. The van der Waals surface area contributed by atoms with E-state index in [1.165, 1.54) is 41.5 Å². The second kappa shape index (κ2) is 31.4. The van der Waals surface area contributed by atoms with Gasteiger partial charge in [0.05, 0.1) is 17.2 Å². The van der Waals surface area contributed by atoms with Gasteiger partial charge in [0.25, 0.3) is 11.8 Å². The number of ether oxygens (including phenoxy) is 2. The molecule has 0 aliphatic carbocycles. The lowest BCUT2D eigenvalue weighted by molar-refractivity contribution is 0.0791. The van der Waals surface area contributed by atoms with E-state index >= 15 is 0 Å². The summed E-state index contributed by atoms with van der Waals surface area (Å²) in [6.07, 6.45) is 9.32. The minimum absolute atomic E-state index is 0.0136. The van der Waals surface area contributed by atoms with Crippen molar-refractivity contribution in [2.45, 2.75) is 125 Å². The zero-order chi connectivity index (χ0) is 66.3. The van der Waals surface area contributed by atoms with Crippen LogP contribution in [0.3, 0.4) is 0 Å². The highest BCUT2D eigenvalue weighted by Gasteiger charge is 2.22. The van der Waals surface area contributed by atoms with Gasteiger partial charge in [0.15, 0.2) is 0 Å². The van der Waals surface area contributed by atoms with Crippen LogP contribution in [0.2, 0.25) is 0 Å². The number of nitrogens with zero attached hydrogens (tertiary/aromatic N) is 5. The zero-order valence-corrected chi connectivity index (χ0v) is 54.7. The number of nitrogens with one attached hydrogen (secondary N) is 6. The van der Waals surface area contributed by atoms with E-state index < -0.39 is 0 Å². The third-order valence-electron chi connectivity index (χ3n) is 17.1. The number of piperidine rings is 2. The number of carbonyl (C=O) groups excluding carboxylic acids is 4. The molecule has 0 unspecified atom stereocenters. The molecule has 7 N–H and O–H groups in total. The number of nitriles is 1. The summed E-state index contributed by atoms with van der Waals surface area (Å²) in [7, 11) is 0. The van der Waals surface area contributed by atoms with Crippen molar-refractivity contribution in [1.29, 1.82) is 5.26 Å². The maximum absolute atomic E-state index is 13.1. The van der Waals surface area contributed by atoms with Gasteiger partial charge in [0.2, 0.25) is 0 Å². The largest absolute Gasteiger partial charge is 0.457 e. The van der Waals surface area contributed by atoms with Crippen LogP contribution in [0.1, 0.15) is 127 Å². The number of aromatic nitrogens is 2. The number of benzene rings is 7. The summed E-state index contributed by atoms with van der Waals surface area (Å²) in [6, 6.07) is 52.3. The first kappa shape index (κ1) is 66.7. The number of hydrogen-bond acceptors (Lipinski definition) is 10. The Morgan fingerprint density at radius 3 is 1.70 bits per heavy atom. The summed E-state index contributed by atoms with van der Waals surface area (Å²) in [4.78, 5) is 55.4. The second-order valence-electron chi connectivity index (χ2n) is 24.5. The van der Waals surface area contributed by atoms with Gasteiger partial charge in [0.1, 0.15) is 29.1 Å². The zero-order valence-electron chi connectivity index (χ0n) is 54.7. The van der Waals surface area contributed by atoms with Gasteiger partial charge in [-0.3, -0.25) is 19.4 Å². The molecule has 6 amide bonds. The molecule has 2 saturated heterocycles. The SMILES string of the molecule is CC(C)NC(=O)Nc1ccc(Oc2ccc(NC(=O)c3ccc(-n4cc(CN5CCCCC5)c5ccccc54)cc3)cc2)c(C#N)c1.CCC(CC)NC(=O)Nc1ccc(Oc2ccc(NC(=O)c3ccc(-n4c(C)cc(CN5CCC(O)CC5)c4C)cc3)cc2C)cc1. The first-order chi connectivity index (χ1) is 45.5. The van der Waals surface area contributed by atoms with Crippen LogP contribution >= 0.6 is 0 Å². The highest BCUT2D eigenvalue weighted by molar-refractivity contribution is 6.05. The number of rotatable bonds is 20. The number of amides is 6. The van der Waals surface area contributed by atoms with Crippen LogP contribution in [0.4, 0.5) is 32.3 Å². The Morgan fingerprint density at radius 1 is 0.574 bits per heavy atom. The van der Waals surface area contributed by atoms with Crippen LogP contribution in [0, 0.1) is 32.1 Å². The number of aryl methyl sites for hydroxylation is 2. The number of carbonyl (C=O) groups is 4. The van der Waals surface area contributed by atoms with E-state index in [4.69, 9.17) is 9.47 Å². The predicted molar refractivity (Wildman–Crippen MR) is 373 cm³/mol. The second-order valence-corrected chi connectivity index (χ2v) is 24.5. The average molecular weight is 1260 g/mol. The molecule has 11 rings (SSSR count). The van der Waals surface area contributed by atoms with Gasteiger partial charge in [-0.05, 0) is 249 Å². The summed E-state index contributed by atoms with van der Waals surface area (Å²) in [6.45, 7) is 19.9. The van der Waals surface area contributed by atoms with Gasteiger partial charge < -0.3 is 55.6 Å². The number of aliphatic hydroxyl groups excluding tert-OH is 1. The third kappa shape index (κ3) is 17.5. The molecule has 18 nitrogen and oxygen atoms in total. The van der Waals surface area contributed by atoms with E-state index in [0.717, 1.165) is 93.1 Å². The Bertz CT molecular complexity index is 4120. The van der Waals surface area contributed by atoms with Gasteiger partial charge >= 0.3 is 12.1 Å². The van der Waals surface area contributed by atoms with Crippen molar-refractivity contribution in [3.8, 4) is 40.4 Å². The van der Waals surface area contributed by atoms with Crippen LogP contribution in [-0.2, 0) is 13.1 Å². The molecule has 0 radical (unpaired) electrons. The molecular formula is C76H85N11O7. The Hall–Kier alpha value is -10.2. The number of hydrogen-bond donors (Lipinski definition) is 7. The lowest BCUT2D eigenvalue weighted by Gasteiger charge is -2.29. The number of likely N-dealkylation sites (tertiary alicyclic amines) is 2. The summed E-state index contributed by atoms with van der Waals surface area (Å²) >= 11 is 0. The molecule has 18 heteroatoms. The summed E-state index contributed by atoms with van der Waals surface area (Å²) in [5, 5.41) is 38.0. The Morgan fingerprint density at radius 2 is 1.10 bits per heavy atom. The molecule has 94 heavy (non-hydrogen) atoms. The van der Waals surface area contributed by atoms with Crippen molar-refractivity contribution in [2.24, 2.45) is 0 Å². The van der Waals surface area contributed by atoms with Crippen LogP contribution < -0.4 is 41.4 Å². The van der Waals surface area contributed by atoms with Crippen molar-refractivity contribution >= 4 is 57.5 Å². The Kier molecular flexibility index (Phi) is 22.3. The Labute approximate surface area is 550 Å². The van der Waals surface area contributed by atoms with Gasteiger partial charge in [-0.1, -0.05) is 38.5 Å². The molecule has 2 fully saturated rings. The first-order valence-electron chi connectivity index (χ1n) is 32.6. The fraction of sp³-hybridized carbons (Fsp3) is 0.303. The topological polar surface area (TPSA) is 219 Å². The maximum atomic E-state index is 13.1. The third-order valence-corrected chi connectivity index (χ3v) is 17.1. The monoisotopic (exact) mass is 1260 g/mol. The molecule has 4 heterocycles. The minimum Gasteiger partial charge on any atom is -0.457 e. The molecule has 0 atom stereocenters. The van der Waals surface area contributed by atoms with Crippen molar-refractivity contribution in [1.82, 2.24) is 29.6 Å². The molecule has 0 saturated carbocycles. The van der Waals surface area contributed by atoms with Crippen LogP contribution in [0.5, 0.6) is 23.0 Å². The highest BCUT2D eigenvalue weighted by atomic mass is 16.5. The lowest BCUT2D eigenvalue weighted by atomic mass is 10.1. The number of para-hydroxylation sites is 1. The molecular weight excluding hydrogens is 1180 g/mol. The molecule has 0 spiro atoms. The summed E-state index contributed by atoms with van der Waals surface area (Å²) < 4.78 is 16.4. The summed E-state index contributed by atoms with van der Waals surface area (Å²) in [5.41, 5.74) is 12.9. The summed E-state index contributed by atoms with van der Waals surface area (Å²) in [5.74, 6) is 1.77. The smallest absolute Gasteiger partial charge is 0.319 e. The number of fused-ring (bicyclic) bond motifs is 1. The number of urea groups is 2. The molecule has 486 valence electrons. The molecule has 2 aromatic heterocycles. The number of anilines is 4. The van der Waals surface area contributed by atoms with Crippen molar-refractivity contribution < 1.29 is 33.8 Å². The van der Waals surface area contributed by atoms with Crippen LogP contribution in [-0.4, -0.2) is 92.3 Å². The quantitative estimate of drug-likeness (QED) is 0.0383. The van der Waals surface area contributed by atoms with Crippen molar-refractivity contribution in [2.75, 3.05) is 47.4 Å². The fourth-order valence-electron chi connectivity index (χ4n) is 12.0. The van der Waals surface area contributed by atoms with E-state index in [1.54, 1.807) is 54.6 Å². The van der Waals surface area contributed by atoms with Crippen molar-refractivity contribution in [3.05, 3.63) is 215 Å². The minimum atomic E-state index is -0.349. The fourth-order valence-corrected chi connectivity index (χ4v) is 12.0. The molecule has 2 aliphatic heterocycles. The first-order valence-corrected chi connectivity index (χ1v) is 32.6. The van der Waals surface area contributed by atoms with Crippen molar-refractivity contribution in [3.63, 3.8) is 0 Å². The molecule has 2 aliphatic rings. The van der Waals surface area contributed by atoms with E-state index in [1.807, 2.05) is 99.6 Å². The standard InChI is InChI=1S/C38H38N6O3.C38H47N5O4/c1-26(2)40-38(46)42-31-14-19-36(28(22-31)23-39)47-33-17-12-30(13-18-33)41-37(45)27-10-15-32(16-11-27)44-25-29(24-43-20-6-3-7-21-43)34-8-4-5-9-35(34)44;1-6-30(7-2)40-38(46)41-31-10-15-35(16-11-31)47-36-17-12-32(22-25(36)3)39-37(45)28-8-13-33(14-9-28)43-26(4)23-29(27(43)5)24-42-20-18-34(44)19-21-42/h4-5,8-19,22,25-26H,3,6-7,20-21,24H2,1-2H3,(H,41,45)(H2,40,42,46);8-17,22-23,30,34,44H,6-7,18-21,24H2,1-5H3,(H,39,45)(H2,40,41,46). The van der Waals surface area contributed by atoms with E-state index in [9.17, 15) is 29.5 Å². The van der Waals surface area contributed by atoms with Crippen LogP contribution in [0.25, 0.3) is 22.3 Å².